The highest BCUT2D eigenvalue weighted by molar-refractivity contribution is 6.27. The van der Waals surface area contributed by atoms with Crippen LogP contribution in [0.3, 0.4) is 0 Å². The van der Waals surface area contributed by atoms with Crippen molar-refractivity contribution in [1.82, 2.24) is 13.7 Å². The van der Waals surface area contributed by atoms with Gasteiger partial charge in [0.05, 0.1) is 44.7 Å². The van der Waals surface area contributed by atoms with E-state index in [1.165, 1.54) is 27.7 Å². The predicted molar refractivity (Wildman–Crippen MR) is 255 cm³/mol. The van der Waals surface area contributed by atoms with Crippen LogP contribution < -0.4 is 0 Å². The molecule has 0 saturated heterocycles. The van der Waals surface area contributed by atoms with Gasteiger partial charge in [0.25, 0.3) is 0 Å². The SMILES string of the molecule is C=Cc1c(/C=C\C)c2c3ccccc3ccc2n1-c1cc(C#N)c(-n2c3ccc(Cn4c5c(c6ccccc64)C=CCC5)cc3c3c4c(ccc32)oc2ccccc24)cc1C#N. The van der Waals surface area contributed by atoms with E-state index in [4.69, 9.17) is 4.42 Å². The smallest absolute Gasteiger partial charge is 0.136 e. The molecule has 1 aliphatic rings. The summed E-state index contributed by atoms with van der Waals surface area (Å²) in [5.41, 5.74) is 13.5. The molecule has 7 aromatic carbocycles. The standard InChI is InChI=1S/C56H37N5O/c1-3-13-41-44(4-2)60(48-25-23-35-14-5-6-15-38(35)54(41)48)50-29-37(32-58)51(30-36(50)31-57)61-47-24-22-34(33-59-45-19-10-7-16-39(45)40-17-8-11-20-46(40)59)28-43(47)55-49(61)26-27-53-56(55)42-18-9-12-21-52(42)62-53/h3-10,12-19,21-30H,2,11,20,33H2,1H3/b13-3-. The van der Waals surface area contributed by atoms with Crippen LogP contribution in [0.2, 0.25) is 0 Å². The summed E-state index contributed by atoms with van der Waals surface area (Å²) in [4.78, 5) is 0. The molecule has 0 spiro atoms. The predicted octanol–water partition coefficient (Wildman–Crippen LogP) is 14.2. The van der Waals surface area contributed by atoms with E-state index in [0.29, 0.717) is 29.0 Å². The maximum Gasteiger partial charge on any atom is 0.136 e. The van der Waals surface area contributed by atoms with Gasteiger partial charge in [-0.25, -0.2) is 0 Å². The van der Waals surface area contributed by atoms with Gasteiger partial charge in [-0.2, -0.15) is 10.5 Å². The molecule has 62 heavy (non-hydrogen) atoms. The zero-order valence-electron chi connectivity index (χ0n) is 34.0. The number of hydrogen-bond acceptors (Lipinski definition) is 3. The summed E-state index contributed by atoms with van der Waals surface area (Å²) in [7, 11) is 0. The Morgan fingerprint density at radius 1 is 0.661 bits per heavy atom. The Hall–Kier alpha value is -8.32. The molecule has 6 nitrogen and oxygen atoms in total. The van der Waals surface area contributed by atoms with Crippen molar-refractivity contribution in [2.75, 3.05) is 0 Å². The van der Waals surface area contributed by atoms with E-state index in [0.717, 1.165) is 89.5 Å². The first kappa shape index (κ1) is 35.6. The molecule has 4 heterocycles. The van der Waals surface area contributed by atoms with Gasteiger partial charge in [0.2, 0.25) is 0 Å². The lowest BCUT2D eigenvalue weighted by molar-refractivity contribution is 0.669. The number of rotatable bonds is 6. The number of fused-ring (bicyclic) bond motifs is 13. The number of furan rings is 1. The fourth-order valence-corrected chi connectivity index (χ4v) is 10.4. The molecule has 1 aliphatic carbocycles. The Labute approximate surface area is 357 Å². The van der Waals surface area contributed by atoms with Gasteiger partial charge in [-0.1, -0.05) is 104 Å². The Morgan fingerprint density at radius 2 is 1.37 bits per heavy atom. The molecule has 0 radical (unpaired) electrons. The molecular weight excluding hydrogens is 759 g/mol. The van der Waals surface area contributed by atoms with Crippen molar-refractivity contribution in [2.24, 2.45) is 0 Å². The summed E-state index contributed by atoms with van der Waals surface area (Å²) in [5.74, 6) is 0. The van der Waals surface area contributed by atoms with Gasteiger partial charge in [-0.15, -0.1) is 0 Å². The summed E-state index contributed by atoms with van der Waals surface area (Å²) < 4.78 is 13.2. The van der Waals surface area contributed by atoms with Crippen LogP contribution in [0.15, 0.2) is 151 Å². The van der Waals surface area contributed by atoms with Crippen LogP contribution in [0.1, 0.15) is 52.5 Å². The third-order valence-electron chi connectivity index (χ3n) is 12.9. The molecule has 0 atom stereocenters. The summed E-state index contributed by atoms with van der Waals surface area (Å²) in [6.45, 7) is 6.97. The van der Waals surface area contributed by atoms with Crippen molar-refractivity contribution in [3.05, 3.63) is 185 Å². The lowest BCUT2D eigenvalue weighted by atomic mass is 10.0. The molecular formula is C56H37N5O. The van der Waals surface area contributed by atoms with Crippen LogP contribution >= 0.6 is 0 Å². The van der Waals surface area contributed by atoms with Gasteiger partial charge in [-0.3, -0.25) is 0 Å². The van der Waals surface area contributed by atoms with Crippen LogP contribution in [0.4, 0.5) is 0 Å². The van der Waals surface area contributed by atoms with E-state index in [-0.39, 0.29) is 0 Å². The van der Waals surface area contributed by atoms with E-state index in [2.05, 4.69) is 136 Å². The second kappa shape index (κ2) is 13.6. The first-order valence-electron chi connectivity index (χ1n) is 21.0. The molecule has 0 aliphatic heterocycles. The van der Waals surface area contributed by atoms with Crippen LogP contribution in [-0.2, 0) is 13.0 Å². The number of nitrogens with zero attached hydrogens (tertiary/aromatic N) is 5. The number of allylic oxidation sites excluding steroid dienone is 2. The fraction of sp³-hybridized carbons (Fsp3) is 0.0714. The van der Waals surface area contributed by atoms with Gasteiger partial charge in [0.1, 0.15) is 23.3 Å². The van der Waals surface area contributed by atoms with E-state index in [1.54, 1.807) is 0 Å². The number of hydrogen-bond donors (Lipinski definition) is 0. The first-order valence-corrected chi connectivity index (χ1v) is 21.0. The van der Waals surface area contributed by atoms with Crippen molar-refractivity contribution >= 4 is 94.6 Å². The summed E-state index contributed by atoms with van der Waals surface area (Å²) >= 11 is 0. The molecule has 11 aromatic rings. The van der Waals surface area contributed by atoms with Gasteiger partial charge in [-0.05, 0) is 96.8 Å². The lowest BCUT2D eigenvalue weighted by Crippen LogP contribution is -2.06. The Morgan fingerprint density at radius 3 is 2.18 bits per heavy atom. The van der Waals surface area contributed by atoms with Crippen molar-refractivity contribution in [3.8, 4) is 23.5 Å². The molecule has 0 N–H and O–H groups in total. The molecule has 0 amide bonds. The maximum atomic E-state index is 11.1. The highest BCUT2D eigenvalue weighted by atomic mass is 16.3. The molecule has 292 valence electrons. The van der Waals surface area contributed by atoms with Crippen molar-refractivity contribution in [3.63, 3.8) is 0 Å². The van der Waals surface area contributed by atoms with Gasteiger partial charge in [0.15, 0.2) is 0 Å². The second-order valence-corrected chi connectivity index (χ2v) is 16.2. The lowest BCUT2D eigenvalue weighted by Gasteiger charge is -2.16. The average Bonchev–Trinajstić information content (AvgIpc) is 4.05. The number of benzene rings is 7. The molecule has 0 saturated carbocycles. The second-order valence-electron chi connectivity index (χ2n) is 16.2. The molecule has 0 bridgehead atoms. The van der Waals surface area contributed by atoms with Crippen molar-refractivity contribution < 1.29 is 4.42 Å². The fourth-order valence-electron chi connectivity index (χ4n) is 10.4. The van der Waals surface area contributed by atoms with Crippen LogP contribution in [-0.4, -0.2) is 13.7 Å². The highest BCUT2D eigenvalue weighted by Crippen LogP contribution is 2.44. The summed E-state index contributed by atoms with van der Waals surface area (Å²) in [6.07, 6.45) is 12.6. The number of aromatic nitrogens is 3. The normalized spacial score (nSPS) is 12.8. The van der Waals surface area contributed by atoms with Gasteiger partial charge in [0, 0.05) is 61.2 Å². The minimum absolute atomic E-state index is 0.443. The third-order valence-corrected chi connectivity index (χ3v) is 12.9. The number of para-hydroxylation sites is 2. The summed E-state index contributed by atoms with van der Waals surface area (Å²) in [5, 5.41) is 30.9. The van der Waals surface area contributed by atoms with Crippen molar-refractivity contribution in [2.45, 2.75) is 26.3 Å². The molecule has 4 aromatic heterocycles. The summed E-state index contributed by atoms with van der Waals surface area (Å²) in [6, 6.07) is 49.1. The quantitative estimate of drug-likeness (QED) is 0.168. The topological polar surface area (TPSA) is 75.5 Å². The molecule has 6 heteroatoms. The van der Waals surface area contributed by atoms with Crippen LogP contribution in [0.25, 0.3) is 106 Å². The Bertz CT molecular complexity index is 3900. The monoisotopic (exact) mass is 795 g/mol. The van der Waals surface area contributed by atoms with Gasteiger partial charge >= 0.3 is 0 Å². The molecule has 0 unspecified atom stereocenters. The molecule has 12 rings (SSSR count). The zero-order chi connectivity index (χ0) is 41.6. The largest absolute Gasteiger partial charge is 0.456 e. The molecule has 0 fully saturated rings. The van der Waals surface area contributed by atoms with E-state index in [9.17, 15) is 10.5 Å². The maximum absolute atomic E-state index is 11.1. The number of nitriles is 2. The minimum Gasteiger partial charge on any atom is -0.456 e. The third kappa shape index (κ3) is 4.95. The average molecular weight is 796 g/mol. The van der Waals surface area contributed by atoms with Crippen LogP contribution in [0, 0.1) is 22.7 Å². The first-order chi connectivity index (χ1) is 30.6. The van der Waals surface area contributed by atoms with E-state index >= 15 is 0 Å². The van der Waals surface area contributed by atoms with Crippen LogP contribution in [0.5, 0.6) is 0 Å². The zero-order valence-corrected chi connectivity index (χ0v) is 34.0. The van der Waals surface area contributed by atoms with Crippen molar-refractivity contribution in [1.29, 1.82) is 10.5 Å². The van der Waals surface area contributed by atoms with E-state index in [1.807, 2.05) is 61.5 Å². The Balaban J connectivity index is 1.13. The van der Waals surface area contributed by atoms with Gasteiger partial charge < -0.3 is 18.1 Å². The van der Waals surface area contributed by atoms with E-state index < -0.39 is 0 Å². The minimum atomic E-state index is 0.443. The Kier molecular flexibility index (Phi) is 7.82. The highest BCUT2D eigenvalue weighted by Gasteiger charge is 2.25.